The van der Waals surface area contributed by atoms with Crippen LogP contribution in [-0.2, 0) is 15.3 Å². The molecule has 0 aliphatic heterocycles. The Balaban J connectivity index is 1.68. The molecule has 2 aromatic heterocycles. The molecule has 0 atom stereocenters. The normalized spacial score (nSPS) is 10.6. The number of anilines is 1. The molecule has 0 fully saturated rings. The smallest absolute Gasteiger partial charge is 0.341 e. The van der Waals surface area contributed by atoms with Crippen LogP contribution in [0.2, 0.25) is 0 Å². The van der Waals surface area contributed by atoms with Crippen molar-refractivity contribution in [1.29, 1.82) is 0 Å². The number of amides is 1. The van der Waals surface area contributed by atoms with E-state index in [0.717, 1.165) is 5.75 Å². The van der Waals surface area contributed by atoms with Gasteiger partial charge in [-0.15, -0.1) is 23.1 Å². The molecular formula is C20H19NO4S2. The van der Waals surface area contributed by atoms with E-state index in [-0.39, 0.29) is 12.5 Å². The van der Waals surface area contributed by atoms with E-state index in [1.54, 1.807) is 30.7 Å². The lowest BCUT2D eigenvalue weighted by Crippen LogP contribution is -2.16. The lowest BCUT2D eigenvalue weighted by atomic mass is 10.1. The molecule has 5 nitrogen and oxygen atoms in total. The fourth-order valence-corrected chi connectivity index (χ4v) is 4.21. The average Bonchev–Trinajstić information content (AvgIpc) is 3.32. The van der Waals surface area contributed by atoms with Gasteiger partial charge >= 0.3 is 5.97 Å². The van der Waals surface area contributed by atoms with Crippen LogP contribution >= 0.6 is 23.1 Å². The Bertz CT molecular complexity index is 888. The highest BCUT2D eigenvalue weighted by atomic mass is 32.2. The van der Waals surface area contributed by atoms with E-state index in [2.05, 4.69) is 5.32 Å². The number of hydrogen-bond acceptors (Lipinski definition) is 6. The first-order valence-electron chi connectivity index (χ1n) is 8.43. The molecule has 0 saturated heterocycles. The summed E-state index contributed by atoms with van der Waals surface area (Å²) >= 11 is 2.81. The topological polar surface area (TPSA) is 68.5 Å². The molecular weight excluding hydrogens is 382 g/mol. The first-order chi connectivity index (χ1) is 13.2. The minimum atomic E-state index is -0.475. The zero-order valence-electron chi connectivity index (χ0n) is 14.8. The van der Waals surface area contributed by atoms with E-state index < -0.39 is 5.97 Å². The number of hydrogen-bond donors (Lipinski definition) is 1. The van der Waals surface area contributed by atoms with Crippen molar-refractivity contribution in [3.05, 3.63) is 65.2 Å². The molecule has 0 aliphatic rings. The van der Waals surface area contributed by atoms with Crippen molar-refractivity contribution >= 4 is 40.0 Å². The van der Waals surface area contributed by atoms with Crippen molar-refractivity contribution in [3.63, 3.8) is 0 Å². The molecule has 0 saturated carbocycles. The molecule has 0 spiro atoms. The first-order valence-corrected chi connectivity index (χ1v) is 10.5. The molecule has 0 aliphatic carbocycles. The van der Waals surface area contributed by atoms with Crippen LogP contribution in [0.5, 0.6) is 0 Å². The third-order valence-corrected chi connectivity index (χ3v) is 5.55. The van der Waals surface area contributed by atoms with Gasteiger partial charge in [-0.25, -0.2) is 4.79 Å². The summed E-state index contributed by atoms with van der Waals surface area (Å²) < 4.78 is 10.6. The highest BCUT2D eigenvalue weighted by molar-refractivity contribution is 7.99. The van der Waals surface area contributed by atoms with Crippen molar-refractivity contribution < 1.29 is 18.7 Å². The molecule has 0 unspecified atom stereocenters. The van der Waals surface area contributed by atoms with Gasteiger partial charge in [-0.05, 0) is 24.6 Å². The van der Waals surface area contributed by atoms with Gasteiger partial charge in [0, 0.05) is 16.7 Å². The Hall–Kier alpha value is -2.51. The van der Waals surface area contributed by atoms with Gasteiger partial charge in [0.05, 0.1) is 18.6 Å². The number of rotatable bonds is 8. The van der Waals surface area contributed by atoms with Crippen LogP contribution in [-0.4, -0.2) is 24.2 Å². The summed E-state index contributed by atoms with van der Waals surface area (Å²) in [6.45, 7) is 2.00. The van der Waals surface area contributed by atoms with Crippen LogP contribution in [0, 0.1) is 0 Å². The molecule has 0 bridgehead atoms. The number of carbonyl (C=O) groups is 2. The number of carbonyl (C=O) groups excluding carboxylic acids is 2. The van der Waals surface area contributed by atoms with Crippen LogP contribution in [0.15, 0.2) is 58.5 Å². The van der Waals surface area contributed by atoms with Crippen molar-refractivity contribution in [1.82, 2.24) is 0 Å². The maximum absolute atomic E-state index is 12.4. The number of esters is 1. The monoisotopic (exact) mass is 401 g/mol. The second-order valence-corrected chi connectivity index (χ2v) is 7.44. The SMILES string of the molecule is CCOC(=O)c1c(-c2ccco2)csc1NC(=O)CSCc1ccccc1. The standard InChI is InChI=1S/C20H19NO4S2/c1-2-24-20(23)18-15(16-9-6-10-25-16)12-27-19(18)21-17(22)13-26-11-14-7-4-3-5-8-14/h3-10,12H,2,11,13H2,1H3,(H,21,22). The fourth-order valence-electron chi connectivity index (χ4n) is 2.47. The Morgan fingerprint density at radius 2 is 2.00 bits per heavy atom. The zero-order valence-corrected chi connectivity index (χ0v) is 16.4. The maximum Gasteiger partial charge on any atom is 0.341 e. The maximum atomic E-state index is 12.4. The van der Waals surface area contributed by atoms with E-state index in [1.165, 1.54) is 28.7 Å². The van der Waals surface area contributed by atoms with Gasteiger partial charge in [-0.3, -0.25) is 4.79 Å². The molecule has 140 valence electrons. The average molecular weight is 402 g/mol. The number of furan rings is 1. The van der Waals surface area contributed by atoms with Crippen LogP contribution in [0.3, 0.4) is 0 Å². The minimum absolute atomic E-state index is 0.158. The summed E-state index contributed by atoms with van der Waals surface area (Å²) in [5, 5.41) is 5.10. The van der Waals surface area contributed by atoms with Crippen molar-refractivity contribution in [2.45, 2.75) is 12.7 Å². The van der Waals surface area contributed by atoms with Crippen LogP contribution in [0.1, 0.15) is 22.8 Å². The zero-order chi connectivity index (χ0) is 19.1. The summed E-state index contributed by atoms with van der Waals surface area (Å²) in [4.78, 5) is 24.7. The molecule has 3 aromatic rings. The van der Waals surface area contributed by atoms with Gasteiger partial charge in [0.15, 0.2) is 0 Å². The number of ether oxygens (including phenoxy) is 1. The summed E-state index contributed by atoms with van der Waals surface area (Å²) in [5.41, 5.74) is 2.12. The number of thiophene rings is 1. The van der Waals surface area contributed by atoms with E-state index in [9.17, 15) is 9.59 Å². The van der Waals surface area contributed by atoms with Crippen LogP contribution in [0.4, 0.5) is 5.00 Å². The summed E-state index contributed by atoms with van der Waals surface area (Å²) in [5.74, 6) is 0.978. The molecule has 3 rings (SSSR count). The molecule has 1 amide bonds. The largest absolute Gasteiger partial charge is 0.464 e. The van der Waals surface area contributed by atoms with Gasteiger partial charge < -0.3 is 14.5 Å². The van der Waals surface area contributed by atoms with Gasteiger partial charge in [-0.1, -0.05) is 30.3 Å². The Kier molecular flexibility index (Phi) is 6.73. The first kappa shape index (κ1) is 19.3. The molecule has 0 radical (unpaired) electrons. The number of nitrogens with one attached hydrogen (secondary N) is 1. The van der Waals surface area contributed by atoms with E-state index in [0.29, 0.717) is 27.6 Å². The number of thioether (sulfide) groups is 1. The van der Waals surface area contributed by atoms with Crippen LogP contribution in [0.25, 0.3) is 11.3 Å². The summed E-state index contributed by atoms with van der Waals surface area (Å²) in [7, 11) is 0. The molecule has 2 heterocycles. The third kappa shape index (κ3) is 5.02. The second-order valence-electron chi connectivity index (χ2n) is 5.58. The van der Waals surface area contributed by atoms with Crippen molar-refractivity contribution in [3.8, 4) is 11.3 Å². The van der Waals surface area contributed by atoms with Gasteiger partial charge in [0.1, 0.15) is 16.3 Å². The van der Waals surface area contributed by atoms with E-state index in [1.807, 2.05) is 30.3 Å². The lowest BCUT2D eigenvalue weighted by molar-refractivity contribution is -0.113. The molecule has 7 heteroatoms. The molecule has 1 aromatic carbocycles. The minimum Gasteiger partial charge on any atom is -0.464 e. The second kappa shape index (κ2) is 9.43. The predicted octanol–water partition coefficient (Wildman–Crippen LogP) is 5.06. The summed E-state index contributed by atoms with van der Waals surface area (Å²) in [6.07, 6.45) is 1.54. The molecule has 1 N–H and O–H groups in total. The predicted molar refractivity (Wildman–Crippen MR) is 109 cm³/mol. The Labute approximate surface area is 165 Å². The third-order valence-electron chi connectivity index (χ3n) is 3.65. The highest BCUT2D eigenvalue weighted by Gasteiger charge is 2.24. The van der Waals surface area contributed by atoms with Gasteiger partial charge in [0.25, 0.3) is 0 Å². The van der Waals surface area contributed by atoms with E-state index >= 15 is 0 Å². The van der Waals surface area contributed by atoms with E-state index in [4.69, 9.17) is 9.15 Å². The van der Waals surface area contributed by atoms with Gasteiger partial charge in [0.2, 0.25) is 5.91 Å². The quantitative estimate of drug-likeness (QED) is 0.535. The molecule has 27 heavy (non-hydrogen) atoms. The number of benzene rings is 1. The van der Waals surface area contributed by atoms with Crippen LogP contribution < -0.4 is 5.32 Å². The Morgan fingerprint density at radius 3 is 2.70 bits per heavy atom. The fraction of sp³-hybridized carbons (Fsp3) is 0.200. The Morgan fingerprint density at radius 1 is 1.19 bits per heavy atom. The van der Waals surface area contributed by atoms with Crippen molar-refractivity contribution in [2.24, 2.45) is 0 Å². The van der Waals surface area contributed by atoms with Gasteiger partial charge in [-0.2, -0.15) is 0 Å². The highest BCUT2D eigenvalue weighted by Crippen LogP contribution is 2.36. The lowest BCUT2D eigenvalue weighted by Gasteiger charge is -2.08. The van der Waals surface area contributed by atoms with Crippen molar-refractivity contribution in [2.75, 3.05) is 17.7 Å². The summed E-state index contributed by atoms with van der Waals surface area (Å²) in [6, 6.07) is 13.5.